The Hall–Kier alpha value is -1.10. The molecule has 2 aromatic rings. The highest BCUT2D eigenvalue weighted by Gasteiger charge is 2.29. The Morgan fingerprint density at radius 3 is 2.80 bits per heavy atom. The van der Waals surface area contributed by atoms with Gasteiger partial charge in [0.1, 0.15) is 17.7 Å². The van der Waals surface area contributed by atoms with E-state index in [1.165, 1.54) is 18.2 Å². The van der Waals surface area contributed by atoms with Crippen LogP contribution in [0.15, 0.2) is 40.9 Å². The minimum Gasteiger partial charge on any atom is -0.485 e. The van der Waals surface area contributed by atoms with Crippen molar-refractivity contribution in [2.45, 2.75) is 18.6 Å². The fourth-order valence-corrected chi connectivity index (χ4v) is 2.89. The standard InChI is InChI=1S/C15H11BrClFO2/c16-8-1-3-10-13(19)7-15(20-14(10)5-8)11-6-9(17)2-4-12(11)18/h1-6,13,15,19H,7H2/t13-,15?/m1/s1. The highest BCUT2D eigenvalue weighted by Crippen LogP contribution is 2.42. The molecule has 1 aliphatic rings. The van der Waals surface area contributed by atoms with E-state index in [1.807, 2.05) is 6.07 Å². The Morgan fingerprint density at radius 1 is 1.20 bits per heavy atom. The quantitative estimate of drug-likeness (QED) is 0.794. The van der Waals surface area contributed by atoms with E-state index >= 15 is 0 Å². The third-order valence-electron chi connectivity index (χ3n) is 3.35. The molecule has 0 saturated carbocycles. The van der Waals surface area contributed by atoms with Gasteiger partial charge in [0.2, 0.25) is 0 Å². The van der Waals surface area contributed by atoms with E-state index in [9.17, 15) is 9.50 Å². The summed E-state index contributed by atoms with van der Waals surface area (Å²) in [5.74, 6) is 0.174. The number of hydrogen-bond donors (Lipinski definition) is 1. The van der Waals surface area contributed by atoms with Crippen molar-refractivity contribution in [1.82, 2.24) is 0 Å². The molecule has 1 heterocycles. The second-order valence-electron chi connectivity index (χ2n) is 4.71. The lowest BCUT2D eigenvalue weighted by Gasteiger charge is -2.30. The van der Waals surface area contributed by atoms with Gasteiger partial charge in [-0.05, 0) is 30.3 Å². The number of aliphatic hydroxyl groups excluding tert-OH is 1. The topological polar surface area (TPSA) is 29.5 Å². The molecular formula is C15H11BrClFO2. The molecular weight excluding hydrogens is 347 g/mol. The van der Waals surface area contributed by atoms with Gasteiger partial charge in [0.15, 0.2) is 0 Å². The first-order valence-corrected chi connectivity index (χ1v) is 7.31. The van der Waals surface area contributed by atoms with E-state index in [0.717, 1.165) is 4.47 Å². The van der Waals surface area contributed by atoms with Gasteiger partial charge in [-0.25, -0.2) is 4.39 Å². The molecule has 0 bridgehead atoms. The minimum atomic E-state index is -0.685. The Labute approximate surface area is 129 Å². The Bertz CT molecular complexity index is 662. The van der Waals surface area contributed by atoms with Crippen LogP contribution in [0.4, 0.5) is 4.39 Å². The molecule has 2 nitrogen and oxygen atoms in total. The minimum absolute atomic E-state index is 0.298. The smallest absolute Gasteiger partial charge is 0.130 e. The zero-order valence-corrected chi connectivity index (χ0v) is 12.7. The van der Waals surface area contributed by atoms with Crippen LogP contribution in [0.5, 0.6) is 5.75 Å². The van der Waals surface area contributed by atoms with Crippen LogP contribution in [0.3, 0.4) is 0 Å². The van der Waals surface area contributed by atoms with Crippen LogP contribution in [0.25, 0.3) is 0 Å². The van der Waals surface area contributed by atoms with Crippen molar-refractivity contribution in [3.8, 4) is 5.75 Å². The normalized spacial score (nSPS) is 21.2. The van der Waals surface area contributed by atoms with Gasteiger partial charge in [-0.2, -0.15) is 0 Å². The van der Waals surface area contributed by atoms with Crippen LogP contribution in [-0.2, 0) is 0 Å². The molecule has 104 valence electrons. The fraction of sp³-hybridized carbons (Fsp3) is 0.200. The highest BCUT2D eigenvalue weighted by atomic mass is 79.9. The molecule has 5 heteroatoms. The summed E-state index contributed by atoms with van der Waals surface area (Å²) >= 11 is 9.26. The largest absolute Gasteiger partial charge is 0.485 e. The molecule has 0 spiro atoms. The summed E-state index contributed by atoms with van der Waals surface area (Å²) < 4.78 is 20.6. The van der Waals surface area contributed by atoms with Crippen LogP contribution in [0.2, 0.25) is 5.02 Å². The first-order valence-electron chi connectivity index (χ1n) is 6.13. The molecule has 2 aromatic carbocycles. The van der Waals surface area contributed by atoms with Crippen molar-refractivity contribution in [2.24, 2.45) is 0 Å². The van der Waals surface area contributed by atoms with E-state index in [1.54, 1.807) is 12.1 Å². The van der Waals surface area contributed by atoms with Crippen LogP contribution in [-0.4, -0.2) is 5.11 Å². The lowest BCUT2D eigenvalue weighted by Crippen LogP contribution is -2.20. The molecule has 1 aliphatic heterocycles. The monoisotopic (exact) mass is 356 g/mol. The summed E-state index contributed by atoms with van der Waals surface area (Å²) in [5.41, 5.74) is 1.08. The molecule has 0 amide bonds. The molecule has 0 aliphatic carbocycles. The summed E-state index contributed by atoms with van der Waals surface area (Å²) in [6.45, 7) is 0. The van der Waals surface area contributed by atoms with E-state index in [4.69, 9.17) is 16.3 Å². The van der Waals surface area contributed by atoms with Crippen molar-refractivity contribution >= 4 is 27.5 Å². The van der Waals surface area contributed by atoms with Gasteiger partial charge in [-0.3, -0.25) is 0 Å². The second kappa shape index (κ2) is 5.35. The molecule has 0 aromatic heterocycles. The number of rotatable bonds is 1. The maximum Gasteiger partial charge on any atom is 0.130 e. The SMILES string of the molecule is O[C@@H]1CC(c2cc(Cl)ccc2F)Oc2cc(Br)ccc21. The number of fused-ring (bicyclic) bond motifs is 1. The van der Waals surface area contributed by atoms with Gasteiger partial charge in [-0.15, -0.1) is 0 Å². The lowest BCUT2D eigenvalue weighted by atomic mass is 9.95. The Kier molecular flexibility index (Phi) is 3.71. The summed E-state index contributed by atoms with van der Waals surface area (Å²) in [4.78, 5) is 0. The lowest BCUT2D eigenvalue weighted by molar-refractivity contribution is 0.0639. The van der Waals surface area contributed by atoms with Crippen LogP contribution >= 0.6 is 27.5 Å². The van der Waals surface area contributed by atoms with Gasteiger partial charge in [0.05, 0.1) is 6.10 Å². The molecule has 1 N–H and O–H groups in total. The summed E-state index contributed by atoms with van der Waals surface area (Å²) in [7, 11) is 0. The molecule has 20 heavy (non-hydrogen) atoms. The number of hydrogen-bond acceptors (Lipinski definition) is 2. The molecule has 0 saturated heterocycles. The van der Waals surface area contributed by atoms with Crippen LogP contribution in [0.1, 0.15) is 29.8 Å². The van der Waals surface area contributed by atoms with Gasteiger partial charge in [0, 0.05) is 27.0 Å². The summed E-state index contributed by atoms with van der Waals surface area (Å²) in [5, 5.41) is 10.6. The van der Waals surface area contributed by atoms with Crippen molar-refractivity contribution in [3.63, 3.8) is 0 Å². The van der Waals surface area contributed by atoms with E-state index < -0.39 is 12.2 Å². The molecule has 2 atom stereocenters. The highest BCUT2D eigenvalue weighted by molar-refractivity contribution is 9.10. The van der Waals surface area contributed by atoms with Crippen LogP contribution in [0, 0.1) is 5.82 Å². The maximum absolute atomic E-state index is 13.9. The Morgan fingerprint density at radius 2 is 2.00 bits per heavy atom. The number of halogens is 3. The van der Waals surface area contributed by atoms with E-state index in [2.05, 4.69) is 15.9 Å². The third-order valence-corrected chi connectivity index (χ3v) is 4.07. The predicted octanol–water partition coefficient (Wildman–Crippen LogP) is 4.80. The number of ether oxygens (including phenoxy) is 1. The summed E-state index contributed by atoms with van der Waals surface area (Å²) in [6.07, 6.45) is -0.938. The first-order chi connectivity index (χ1) is 9.54. The van der Waals surface area contributed by atoms with Crippen LogP contribution < -0.4 is 4.74 Å². The zero-order chi connectivity index (χ0) is 14.3. The molecule has 3 rings (SSSR count). The van der Waals surface area contributed by atoms with Gasteiger partial charge in [-0.1, -0.05) is 33.6 Å². The zero-order valence-electron chi connectivity index (χ0n) is 10.3. The van der Waals surface area contributed by atoms with Gasteiger partial charge >= 0.3 is 0 Å². The Balaban J connectivity index is 2.00. The van der Waals surface area contributed by atoms with Crippen molar-refractivity contribution < 1.29 is 14.2 Å². The summed E-state index contributed by atoms with van der Waals surface area (Å²) in [6, 6.07) is 9.75. The molecule has 0 radical (unpaired) electrons. The van der Waals surface area contributed by atoms with E-state index in [-0.39, 0.29) is 5.82 Å². The molecule has 1 unspecified atom stereocenters. The maximum atomic E-state index is 13.9. The third kappa shape index (κ3) is 2.55. The average molecular weight is 358 g/mol. The average Bonchev–Trinajstić information content (AvgIpc) is 2.41. The van der Waals surface area contributed by atoms with Crippen molar-refractivity contribution in [3.05, 3.63) is 62.8 Å². The van der Waals surface area contributed by atoms with Gasteiger partial charge < -0.3 is 9.84 Å². The molecule has 0 fully saturated rings. The van der Waals surface area contributed by atoms with Gasteiger partial charge in [0.25, 0.3) is 0 Å². The predicted molar refractivity (Wildman–Crippen MR) is 78.5 cm³/mol. The van der Waals surface area contributed by atoms with E-state index in [0.29, 0.717) is 28.3 Å². The second-order valence-corrected chi connectivity index (χ2v) is 6.06. The van der Waals surface area contributed by atoms with Crippen molar-refractivity contribution in [2.75, 3.05) is 0 Å². The first kappa shape index (κ1) is 13.9. The fourth-order valence-electron chi connectivity index (χ4n) is 2.37. The van der Waals surface area contributed by atoms with Crippen molar-refractivity contribution in [1.29, 1.82) is 0 Å². The number of aliphatic hydroxyl groups is 1. The number of benzene rings is 2.